The first-order chi connectivity index (χ1) is 9.60. The van der Waals surface area contributed by atoms with Crippen molar-refractivity contribution < 1.29 is 9.84 Å². The Bertz CT molecular complexity index is 554. The van der Waals surface area contributed by atoms with Gasteiger partial charge in [0, 0.05) is 31.4 Å². The van der Waals surface area contributed by atoms with Gasteiger partial charge >= 0.3 is 0 Å². The molecule has 0 aliphatic rings. The van der Waals surface area contributed by atoms with Gasteiger partial charge in [0.15, 0.2) is 0 Å². The predicted octanol–water partition coefficient (Wildman–Crippen LogP) is 1.81. The molecule has 0 amide bonds. The minimum atomic E-state index is -0.566. The van der Waals surface area contributed by atoms with Crippen LogP contribution in [-0.2, 0) is 7.05 Å². The third kappa shape index (κ3) is 3.59. The summed E-state index contributed by atoms with van der Waals surface area (Å²) in [6.07, 6.45) is 3.23. The fraction of sp³-hybridized carbons (Fsp3) is 0.400. The molecule has 0 aliphatic carbocycles. The Balaban J connectivity index is 1.92. The van der Waals surface area contributed by atoms with Crippen LogP contribution in [-0.4, -0.2) is 28.5 Å². The summed E-state index contributed by atoms with van der Waals surface area (Å²) >= 11 is 0. The first-order valence-electron chi connectivity index (χ1n) is 6.64. The number of methoxy groups -OCH3 is 1. The van der Waals surface area contributed by atoms with Gasteiger partial charge in [-0.1, -0.05) is 12.1 Å². The fourth-order valence-corrected chi connectivity index (χ4v) is 2.04. The van der Waals surface area contributed by atoms with Crippen LogP contribution < -0.4 is 10.1 Å². The quantitative estimate of drug-likeness (QED) is 0.844. The van der Waals surface area contributed by atoms with E-state index >= 15 is 0 Å². The van der Waals surface area contributed by atoms with Crippen molar-refractivity contribution in [1.82, 2.24) is 15.1 Å². The van der Waals surface area contributed by atoms with Crippen molar-refractivity contribution in [2.24, 2.45) is 7.05 Å². The van der Waals surface area contributed by atoms with E-state index in [2.05, 4.69) is 17.3 Å². The molecule has 0 spiro atoms. The summed E-state index contributed by atoms with van der Waals surface area (Å²) in [7, 11) is 3.51. The molecule has 2 N–H and O–H groups in total. The largest absolute Gasteiger partial charge is 0.497 e. The van der Waals surface area contributed by atoms with Gasteiger partial charge in [0.05, 0.1) is 19.4 Å². The summed E-state index contributed by atoms with van der Waals surface area (Å²) in [6, 6.07) is 7.62. The first-order valence-corrected chi connectivity index (χ1v) is 6.64. The van der Waals surface area contributed by atoms with Crippen molar-refractivity contribution in [3.8, 4) is 5.75 Å². The summed E-state index contributed by atoms with van der Waals surface area (Å²) < 4.78 is 6.93. The third-order valence-corrected chi connectivity index (χ3v) is 3.32. The highest BCUT2D eigenvalue weighted by Gasteiger charge is 2.12. The van der Waals surface area contributed by atoms with Crippen LogP contribution in [0.5, 0.6) is 5.75 Å². The number of nitrogens with one attached hydrogen (secondary N) is 1. The lowest BCUT2D eigenvalue weighted by Crippen LogP contribution is -2.24. The van der Waals surface area contributed by atoms with Crippen molar-refractivity contribution in [2.75, 3.05) is 13.7 Å². The summed E-state index contributed by atoms with van der Waals surface area (Å²) in [5.74, 6) is 0.752. The molecule has 0 bridgehead atoms. The van der Waals surface area contributed by atoms with Gasteiger partial charge in [0.25, 0.3) is 0 Å². The normalized spacial score (nSPS) is 14.0. The van der Waals surface area contributed by atoms with E-state index in [1.54, 1.807) is 11.8 Å². The molecule has 0 saturated heterocycles. The highest BCUT2D eigenvalue weighted by Crippen LogP contribution is 2.19. The zero-order valence-corrected chi connectivity index (χ0v) is 12.1. The second kappa shape index (κ2) is 6.54. The number of ether oxygens (including phenoxy) is 1. The molecule has 5 nitrogen and oxygen atoms in total. The molecule has 0 fully saturated rings. The van der Waals surface area contributed by atoms with E-state index in [0.29, 0.717) is 6.54 Å². The van der Waals surface area contributed by atoms with Crippen LogP contribution in [0.25, 0.3) is 0 Å². The molecular weight excluding hydrogens is 254 g/mol. The highest BCUT2D eigenvalue weighted by atomic mass is 16.5. The number of nitrogens with zero attached hydrogens (tertiary/aromatic N) is 2. The van der Waals surface area contributed by atoms with E-state index in [9.17, 15) is 5.11 Å². The second-order valence-corrected chi connectivity index (χ2v) is 4.87. The van der Waals surface area contributed by atoms with Crippen LogP contribution in [0.4, 0.5) is 0 Å². The number of aryl methyl sites for hydroxylation is 1. The Labute approximate surface area is 119 Å². The summed E-state index contributed by atoms with van der Waals surface area (Å²) in [4.78, 5) is 0. The smallest absolute Gasteiger partial charge is 0.119 e. The topological polar surface area (TPSA) is 59.3 Å². The number of aromatic nitrogens is 2. The van der Waals surface area contributed by atoms with Crippen molar-refractivity contribution in [3.05, 3.63) is 47.8 Å². The molecule has 1 heterocycles. The number of aliphatic hydroxyl groups excluding tert-OH is 1. The SMILES string of the molecule is COc1cccc(C(O)CNC(C)c2cnn(C)c2)c1. The zero-order valence-electron chi connectivity index (χ0n) is 12.1. The maximum absolute atomic E-state index is 10.2. The molecule has 1 aromatic heterocycles. The van der Waals surface area contributed by atoms with E-state index in [-0.39, 0.29) is 6.04 Å². The highest BCUT2D eigenvalue weighted by molar-refractivity contribution is 5.30. The van der Waals surface area contributed by atoms with Crippen molar-refractivity contribution in [3.63, 3.8) is 0 Å². The van der Waals surface area contributed by atoms with Crippen molar-refractivity contribution in [1.29, 1.82) is 0 Å². The molecule has 5 heteroatoms. The number of benzene rings is 1. The van der Waals surface area contributed by atoms with Gasteiger partial charge in [-0.25, -0.2) is 0 Å². The number of rotatable bonds is 6. The van der Waals surface area contributed by atoms with Gasteiger partial charge < -0.3 is 15.2 Å². The molecule has 0 radical (unpaired) electrons. The number of hydrogen-bond acceptors (Lipinski definition) is 4. The number of hydrogen-bond donors (Lipinski definition) is 2. The van der Waals surface area contributed by atoms with Crippen LogP contribution in [0.3, 0.4) is 0 Å². The molecule has 1 aromatic carbocycles. The fourth-order valence-electron chi connectivity index (χ4n) is 2.04. The van der Waals surface area contributed by atoms with Gasteiger partial charge in [0.2, 0.25) is 0 Å². The Morgan fingerprint density at radius 3 is 2.85 bits per heavy atom. The Kier molecular flexibility index (Phi) is 4.76. The van der Waals surface area contributed by atoms with E-state index in [0.717, 1.165) is 16.9 Å². The predicted molar refractivity (Wildman–Crippen MR) is 77.6 cm³/mol. The van der Waals surface area contributed by atoms with Crippen LogP contribution in [0.2, 0.25) is 0 Å². The van der Waals surface area contributed by atoms with Crippen LogP contribution in [0, 0.1) is 0 Å². The van der Waals surface area contributed by atoms with E-state index in [1.165, 1.54) is 0 Å². The Morgan fingerprint density at radius 2 is 2.20 bits per heavy atom. The lowest BCUT2D eigenvalue weighted by atomic mass is 10.1. The summed E-state index contributed by atoms with van der Waals surface area (Å²) in [5, 5.41) is 17.6. The second-order valence-electron chi connectivity index (χ2n) is 4.87. The lowest BCUT2D eigenvalue weighted by molar-refractivity contribution is 0.170. The minimum absolute atomic E-state index is 0.143. The maximum atomic E-state index is 10.2. The number of aliphatic hydroxyl groups is 1. The van der Waals surface area contributed by atoms with Crippen molar-refractivity contribution >= 4 is 0 Å². The maximum Gasteiger partial charge on any atom is 0.119 e. The standard InChI is InChI=1S/C15H21N3O2/c1-11(13-8-17-18(2)10-13)16-9-15(19)12-5-4-6-14(7-12)20-3/h4-8,10-11,15-16,19H,9H2,1-3H3. The van der Waals surface area contributed by atoms with Crippen LogP contribution in [0.15, 0.2) is 36.7 Å². The molecule has 2 rings (SSSR count). The molecule has 0 aliphatic heterocycles. The molecular formula is C15H21N3O2. The van der Waals surface area contributed by atoms with Crippen LogP contribution in [0.1, 0.15) is 30.2 Å². The molecule has 2 unspecified atom stereocenters. The van der Waals surface area contributed by atoms with Gasteiger partial charge in [0.1, 0.15) is 5.75 Å². The molecule has 2 atom stereocenters. The van der Waals surface area contributed by atoms with Gasteiger partial charge in [-0.15, -0.1) is 0 Å². The zero-order chi connectivity index (χ0) is 14.5. The van der Waals surface area contributed by atoms with Gasteiger partial charge in [-0.05, 0) is 24.6 Å². The molecule has 2 aromatic rings. The Morgan fingerprint density at radius 1 is 1.40 bits per heavy atom. The first kappa shape index (κ1) is 14.6. The van der Waals surface area contributed by atoms with E-state index < -0.39 is 6.10 Å². The van der Waals surface area contributed by atoms with E-state index in [4.69, 9.17) is 4.74 Å². The molecule has 0 saturated carbocycles. The van der Waals surface area contributed by atoms with E-state index in [1.807, 2.05) is 43.7 Å². The van der Waals surface area contributed by atoms with Crippen molar-refractivity contribution in [2.45, 2.75) is 19.1 Å². The molecule has 20 heavy (non-hydrogen) atoms. The Hall–Kier alpha value is -1.85. The molecule has 108 valence electrons. The van der Waals surface area contributed by atoms with Gasteiger partial charge in [-0.3, -0.25) is 4.68 Å². The summed E-state index contributed by atoms with van der Waals surface area (Å²) in [6.45, 7) is 2.53. The lowest BCUT2D eigenvalue weighted by Gasteiger charge is -2.17. The average Bonchev–Trinajstić information content (AvgIpc) is 2.91. The monoisotopic (exact) mass is 275 g/mol. The summed E-state index contributed by atoms with van der Waals surface area (Å²) in [5.41, 5.74) is 1.94. The minimum Gasteiger partial charge on any atom is -0.497 e. The third-order valence-electron chi connectivity index (χ3n) is 3.32. The van der Waals surface area contributed by atoms with Crippen LogP contribution >= 0.6 is 0 Å². The average molecular weight is 275 g/mol. The van der Waals surface area contributed by atoms with Gasteiger partial charge in [-0.2, -0.15) is 5.10 Å².